The minimum Gasteiger partial charge on any atom is -0.354 e. The molecule has 0 aromatic rings. The Labute approximate surface area is 74.1 Å². The fourth-order valence-electron chi connectivity index (χ4n) is 1.39. The number of ether oxygens (including phenoxy) is 1. The molecule has 0 spiro atoms. The summed E-state index contributed by atoms with van der Waals surface area (Å²) in [6, 6.07) is 0. The van der Waals surface area contributed by atoms with Crippen molar-refractivity contribution in [2.24, 2.45) is 0 Å². The van der Waals surface area contributed by atoms with Gasteiger partial charge in [0.1, 0.15) is 12.2 Å². The van der Waals surface area contributed by atoms with Crippen LogP contribution in [0.5, 0.6) is 0 Å². The SMILES string of the molecule is C#CCOC1(C=C)C=CCCC1. The summed E-state index contributed by atoms with van der Waals surface area (Å²) in [7, 11) is 0. The molecule has 0 aromatic carbocycles. The van der Waals surface area contributed by atoms with Crippen LogP contribution in [0.3, 0.4) is 0 Å². The first-order valence-corrected chi connectivity index (χ1v) is 4.22. The van der Waals surface area contributed by atoms with Crippen LogP contribution >= 0.6 is 0 Å². The van der Waals surface area contributed by atoms with Gasteiger partial charge in [0, 0.05) is 0 Å². The lowest BCUT2D eigenvalue weighted by Crippen LogP contribution is -2.29. The monoisotopic (exact) mass is 162 g/mol. The van der Waals surface area contributed by atoms with Gasteiger partial charge >= 0.3 is 0 Å². The Kier molecular flexibility index (Phi) is 3.13. The first-order valence-electron chi connectivity index (χ1n) is 4.22. The van der Waals surface area contributed by atoms with Crippen molar-refractivity contribution in [3.05, 3.63) is 24.8 Å². The van der Waals surface area contributed by atoms with Crippen LogP contribution in [-0.4, -0.2) is 12.2 Å². The number of rotatable bonds is 3. The van der Waals surface area contributed by atoms with Gasteiger partial charge in [0.2, 0.25) is 0 Å². The van der Waals surface area contributed by atoms with Crippen molar-refractivity contribution in [2.75, 3.05) is 6.61 Å². The molecule has 1 rings (SSSR count). The lowest BCUT2D eigenvalue weighted by atomic mass is 9.91. The Morgan fingerprint density at radius 2 is 2.58 bits per heavy atom. The van der Waals surface area contributed by atoms with Crippen LogP contribution in [0, 0.1) is 12.3 Å². The van der Waals surface area contributed by atoms with Gasteiger partial charge in [-0.3, -0.25) is 0 Å². The Morgan fingerprint density at radius 3 is 3.08 bits per heavy atom. The molecule has 1 atom stereocenters. The Hall–Kier alpha value is -1.00. The summed E-state index contributed by atoms with van der Waals surface area (Å²) in [5.74, 6) is 2.47. The van der Waals surface area contributed by atoms with Crippen LogP contribution in [-0.2, 0) is 4.74 Å². The third-order valence-electron chi connectivity index (χ3n) is 2.11. The first kappa shape index (κ1) is 9.09. The molecule has 0 amide bonds. The van der Waals surface area contributed by atoms with Gasteiger partial charge in [0.05, 0.1) is 0 Å². The molecule has 1 aliphatic rings. The number of terminal acetylenes is 1. The molecule has 64 valence electrons. The van der Waals surface area contributed by atoms with Crippen molar-refractivity contribution < 1.29 is 4.74 Å². The summed E-state index contributed by atoms with van der Waals surface area (Å²) >= 11 is 0. The second-order valence-electron chi connectivity index (χ2n) is 2.95. The predicted molar refractivity (Wildman–Crippen MR) is 50.7 cm³/mol. The largest absolute Gasteiger partial charge is 0.354 e. The Bertz CT molecular complexity index is 222. The van der Waals surface area contributed by atoms with E-state index in [0.717, 1.165) is 19.3 Å². The van der Waals surface area contributed by atoms with E-state index in [-0.39, 0.29) is 5.60 Å². The molecule has 0 bridgehead atoms. The molecular formula is C11H14O. The Balaban J connectivity index is 2.62. The van der Waals surface area contributed by atoms with E-state index < -0.39 is 0 Å². The van der Waals surface area contributed by atoms with E-state index in [0.29, 0.717) is 6.61 Å². The van der Waals surface area contributed by atoms with Crippen molar-refractivity contribution >= 4 is 0 Å². The van der Waals surface area contributed by atoms with Crippen LogP contribution in [0.15, 0.2) is 24.8 Å². The maximum absolute atomic E-state index is 5.53. The van der Waals surface area contributed by atoms with Gasteiger partial charge in [-0.15, -0.1) is 6.42 Å². The minimum atomic E-state index is -0.287. The van der Waals surface area contributed by atoms with Crippen molar-refractivity contribution in [3.8, 4) is 12.3 Å². The lowest BCUT2D eigenvalue weighted by Gasteiger charge is -2.29. The zero-order valence-electron chi connectivity index (χ0n) is 7.25. The molecule has 0 aromatic heterocycles. The van der Waals surface area contributed by atoms with Crippen molar-refractivity contribution in [1.29, 1.82) is 0 Å². The third-order valence-corrected chi connectivity index (χ3v) is 2.11. The van der Waals surface area contributed by atoms with Crippen molar-refractivity contribution in [3.63, 3.8) is 0 Å². The molecule has 1 nitrogen and oxygen atoms in total. The summed E-state index contributed by atoms with van der Waals surface area (Å²) in [6.45, 7) is 4.12. The number of allylic oxidation sites excluding steroid dienone is 1. The van der Waals surface area contributed by atoms with Crippen LogP contribution in [0.1, 0.15) is 19.3 Å². The van der Waals surface area contributed by atoms with E-state index in [4.69, 9.17) is 11.2 Å². The van der Waals surface area contributed by atoms with Crippen LogP contribution in [0.2, 0.25) is 0 Å². The van der Waals surface area contributed by atoms with Crippen molar-refractivity contribution in [2.45, 2.75) is 24.9 Å². The average Bonchev–Trinajstić information content (AvgIpc) is 2.16. The lowest BCUT2D eigenvalue weighted by molar-refractivity contribution is 0.0394. The predicted octanol–water partition coefficient (Wildman–Crippen LogP) is 2.30. The molecule has 1 aliphatic carbocycles. The van der Waals surface area contributed by atoms with E-state index in [1.807, 2.05) is 6.08 Å². The van der Waals surface area contributed by atoms with E-state index in [9.17, 15) is 0 Å². The molecule has 0 saturated heterocycles. The van der Waals surface area contributed by atoms with Gasteiger partial charge in [-0.25, -0.2) is 0 Å². The van der Waals surface area contributed by atoms with Crippen LogP contribution < -0.4 is 0 Å². The fourth-order valence-corrected chi connectivity index (χ4v) is 1.39. The van der Waals surface area contributed by atoms with Gasteiger partial charge in [-0.05, 0) is 19.3 Å². The van der Waals surface area contributed by atoms with Crippen LogP contribution in [0.4, 0.5) is 0 Å². The minimum absolute atomic E-state index is 0.287. The Morgan fingerprint density at radius 1 is 1.75 bits per heavy atom. The molecule has 0 saturated carbocycles. The maximum atomic E-state index is 5.53. The molecule has 0 radical (unpaired) electrons. The standard InChI is InChI=1S/C11H14O/c1-3-10-12-11(4-2)8-6-5-7-9-11/h1,4,6,8H,2,5,7,9-10H2. The average molecular weight is 162 g/mol. The maximum Gasteiger partial charge on any atom is 0.109 e. The van der Waals surface area contributed by atoms with Gasteiger partial charge < -0.3 is 4.74 Å². The highest BCUT2D eigenvalue weighted by Gasteiger charge is 2.24. The molecule has 1 heteroatoms. The number of hydrogen-bond acceptors (Lipinski definition) is 1. The quantitative estimate of drug-likeness (QED) is 0.457. The second kappa shape index (κ2) is 4.13. The van der Waals surface area contributed by atoms with Crippen molar-refractivity contribution in [1.82, 2.24) is 0 Å². The topological polar surface area (TPSA) is 9.23 Å². The molecular weight excluding hydrogens is 148 g/mol. The summed E-state index contributed by atoms with van der Waals surface area (Å²) < 4.78 is 5.53. The molecule has 0 fully saturated rings. The van der Waals surface area contributed by atoms with E-state index in [1.165, 1.54) is 0 Å². The van der Waals surface area contributed by atoms with Crippen LogP contribution in [0.25, 0.3) is 0 Å². The van der Waals surface area contributed by atoms with E-state index in [1.54, 1.807) is 0 Å². The highest BCUT2D eigenvalue weighted by atomic mass is 16.5. The molecule has 0 N–H and O–H groups in total. The normalized spacial score (nSPS) is 27.9. The highest BCUT2D eigenvalue weighted by molar-refractivity contribution is 5.15. The second-order valence-corrected chi connectivity index (χ2v) is 2.95. The van der Waals surface area contributed by atoms with Gasteiger partial charge in [0.25, 0.3) is 0 Å². The molecule has 0 aliphatic heterocycles. The summed E-state index contributed by atoms with van der Waals surface area (Å²) in [6.07, 6.45) is 14.4. The van der Waals surface area contributed by atoms with E-state index in [2.05, 4.69) is 24.7 Å². The van der Waals surface area contributed by atoms with Gasteiger partial charge in [-0.1, -0.05) is 30.7 Å². The summed E-state index contributed by atoms with van der Waals surface area (Å²) in [5, 5.41) is 0. The summed E-state index contributed by atoms with van der Waals surface area (Å²) in [4.78, 5) is 0. The van der Waals surface area contributed by atoms with E-state index >= 15 is 0 Å². The fraction of sp³-hybridized carbons (Fsp3) is 0.455. The zero-order valence-corrected chi connectivity index (χ0v) is 7.25. The van der Waals surface area contributed by atoms with Gasteiger partial charge in [0.15, 0.2) is 0 Å². The molecule has 12 heavy (non-hydrogen) atoms. The van der Waals surface area contributed by atoms with Gasteiger partial charge in [-0.2, -0.15) is 0 Å². The number of hydrogen-bond donors (Lipinski definition) is 0. The first-order chi connectivity index (χ1) is 5.83. The zero-order chi connectivity index (χ0) is 8.86. The highest BCUT2D eigenvalue weighted by Crippen LogP contribution is 2.26. The third kappa shape index (κ3) is 1.99. The molecule has 0 heterocycles. The molecule has 1 unspecified atom stereocenters. The summed E-state index contributed by atoms with van der Waals surface area (Å²) in [5.41, 5.74) is -0.287. The smallest absolute Gasteiger partial charge is 0.109 e.